The molecule has 0 atom stereocenters. The van der Waals surface area contributed by atoms with Gasteiger partial charge in [-0.15, -0.1) is 0 Å². The zero-order valence-electron chi connectivity index (χ0n) is 9.21. The van der Waals surface area contributed by atoms with Crippen molar-refractivity contribution in [1.82, 2.24) is 0 Å². The average Bonchev–Trinajstić information content (AvgIpc) is 2.23. The summed E-state index contributed by atoms with van der Waals surface area (Å²) in [5, 5.41) is 8.62. The van der Waals surface area contributed by atoms with Crippen molar-refractivity contribution in [3.8, 4) is 0 Å². The second-order valence-corrected chi connectivity index (χ2v) is 3.71. The normalized spacial score (nSPS) is 13.7. The number of hydrogen-bond donors (Lipinski definition) is 1. The van der Waals surface area contributed by atoms with Crippen LogP contribution in [0.15, 0.2) is 12.1 Å². The average molecular weight is 312 g/mol. The van der Waals surface area contributed by atoms with E-state index in [0.717, 1.165) is 0 Å². The van der Waals surface area contributed by atoms with Crippen molar-refractivity contribution in [2.24, 2.45) is 0 Å². The summed E-state index contributed by atoms with van der Waals surface area (Å²) in [7, 11) is 0. The van der Waals surface area contributed by atoms with E-state index in [9.17, 15) is 39.5 Å². The minimum atomic E-state index is -5.61. The Morgan fingerprint density at radius 3 is 1.30 bits per heavy atom. The van der Waals surface area contributed by atoms with E-state index in [1.807, 2.05) is 0 Å². The van der Waals surface area contributed by atoms with Crippen molar-refractivity contribution in [1.29, 1.82) is 0 Å². The lowest BCUT2D eigenvalue weighted by Gasteiger charge is -2.20. The molecule has 0 unspecified atom stereocenters. The molecule has 0 spiro atoms. The maximum Gasteiger partial charge on any atom is 0.417 e. The fourth-order valence-electron chi connectivity index (χ4n) is 1.51. The van der Waals surface area contributed by atoms with Crippen molar-refractivity contribution in [2.45, 2.75) is 25.1 Å². The summed E-state index contributed by atoms with van der Waals surface area (Å²) in [6.07, 6.45) is -16.4. The zero-order valence-corrected chi connectivity index (χ0v) is 9.21. The van der Waals surface area contributed by atoms with Crippen molar-refractivity contribution < 1.29 is 44.6 Å². The predicted octanol–water partition coefficient (Wildman–Crippen LogP) is 4.24. The molecule has 0 aliphatic heterocycles. The summed E-state index contributed by atoms with van der Waals surface area (Å²) in [6, 6.07) is -0.986. The van der Waals surface area contributed by atoms with Crippen LogP contribution in [0.3, 0.4) is 0 Å². The highest BCUT2D eigenvalue weighted by atomic mass is 19.4. The minimum Gasteiger partial charge on any atom is -0.392 e. The smallest absolute Gasteiger partial charge is 0.392 e. The Labute approximate surface area is 105 Å². The Kier molecular flexibility index (Phi) is 4.01. The summed E-state index contributed by atoms with van der Waals surface area (Å²) in [4.78, 5) is 0. The molecule has 0 aliphatic carbocycles. The van der Waals surface area contributed by atoms with Gasteiger partial charge in [-0.3, -0.25) is 0 Å². The summed E-state index contributed by atoms with van der Waals surface area (Å²) in [5.41, 5.74) is -7.96. The largest absolute Gasteiger partial charge is 0.417 e. The fraction of sp³-hybridized carbons (Fsp3) is 0.400. The minimum absolute atomic E-state index is 0.342. The van der Waals surface area contributed by atoms with Gasteiger partial charge in [0.1, 0.15) is 0 Å². The third-order valence-electron chi connectivity index (χ3n) is 2.33. The molecule has 1 aromatic carbocycles. The van der Waals surface area contributed by atoms with Gasteiger partial charge in [0.05, 0.1) is 23.3 Å². The SMILES string of the molecule is OCc1cc(C(F)(F)F)c(C(F)(F)F)cc1C(F)(F)F. The first-order valence-corrected chi connectivity index (χ1v) is 4.78. The Morgan fingerprint density at radius 1 is 0.650 bits per heavy atom. The molecule has 0 aliphatic rings. The van der Waals surface area contributed by atoms with Gasteiger partial charge in [-0.1, -0.05) is 0 Å². The van der Waals surface area contributed by atoms with Crippen molar-refractivity contribution in [2.75, 3.05) is 0 Å². The van der Waals surface area contributed by atoms with Gasteiger partial charge < -0.3 is 5.11 Å². The van der Waals surface area contributed by atoms with Gasteiger partial charge in [0.2, 0.25) is 0 Å². The quantitative estimate of drug-likeness (QED) is 0.769. The van der Waals surface area contributed by atoms with Gasteiger partial charge in [0, 0.05) is 0 Å². The Morgan fingerprint density at radius 2 is 1.00 bits per heavy atom. The number of alkyl halides is 9. The molecule has 1 rings (SSSR count). The highest BCUT2D eigenvalue weighted by molar-refractivity contribution is 5.42. The highest BCUT2D eigenvalue weighted by Gasteiger charge is 2.46. The van der Waals surface area contributed by atoms with Crippen LogP contribution in [0.25, 0.3) is 0 Å². The lowest BCUT2D eigenvalue weighted by molar-refractivity contribution is -0.163. The lowest BCUT2D eigenvalue weighted by atomic mass is 9.97. The van der Waals surface area contributed by atoms with Crippen LogP contribution < -0.4 is 0 Å². The van der Waals surface area contributed by atoms with Crippen LogP contribution in [0.1, 0.15) is 22.3 Å². The predicted molar refractivity (Wildman–Crippen MR) is 47.4 cm³/mol. The third-order valence-corrected chi connectivity index (χ3v) is 2.33. The molecule has 0 fully saturated rings. The molecule has 1 nitrogen and oxygen atoms in total. The summed E-state index contributed by atoms with van der Waals surface area (Å²) < 4.78 is 112. The molecule has 1 N–H and O–H groups in total. The molecule has 0 heterocycles. The zero-order chi connectivity index (χ0) is 15.9. The van der Waals surface area contributed by atoms with Crippen molar-refractivity contribution >= 4 is 0 Å². The molecule has 0 amide bonds. The number of rotatable bonds is 1. The van der Waals surface area contributed by atoms with E-state index >= 15 is 0 Å². The number of halogens is 9. The molecule has 0 radical (unpaired) electrons. The fourth-order valence-corrected chi connectivity index (χ4v) is 1.51. The Hall–Kier alpha value is -1.45. The van der Waals surface area contributed by atoms with Crippen molar-refractivity contribution in [3.05, 3.63) is 34.4 Å². The monoisotopic (exact) mass is 312 g/mol. The van der Waals surface area contributed by atoms with E-state index in [1.165, 1.54) is 0 Å². The second-order valence-electron chi connectivity index (χ2n) is 3.71. The first kappa shape index (κ1) is 16.6. The van der Waals surface area contributed by atoms with Crippen LogP contribution in [0.4, 0.5) is 39.5 Å². The molecule has 0 saturated heterocycles. The standard InChI is InChI=1S/C10H5F9O/c11-8(12,13)5-2-7(10(17,18)19)6(9(14,15)16)1-4(5)3-20/h1-2,20H,3H2. The van der Waals surface area contributed by atoms with Crippen molar-refractivity contribution in [3.63, 3.8) is 0 Å². The van der Waals surface area contributed by atoms with E-state index in [0.29, 0.717) is 0 Å². The van der Waals surface area contributed by atoms with E-state index < -0.39 is 53.5 Å². The van der Waals surface area contributed by atoms with Gasteiger partial charge in [-0.05, 0) is 17.7 Å². The lowest BCUT2D eigenvalue weighted by Crippen LogP contribution is -2.20. The van der Waals surface area contributed by atoms with Gasteiger partial charge >= 0.3 is 18.5 Å². The Bertz CT molecular complexity index is 495. The van der Waals surface area contributed by atoms with Gasteiger partial charge in [-0.25, -0.2) is 0 Å². The number of hydrogen-bond acceptors (Lipinski definition) is 1. The maximum absolute atomic E-state index is 12.5. The molecule has 114 valence electrons. The first-order valence-electron chi connectivity index (χ1n) is 4.78. The molecule has 0 saturated carbocycles. The molecule has 0 bridgehead atoms. The van der Waals surface area contributed by atoms with Gasteiger partial charge in [0.25, 0.3) is 0 Å². The molecule has 1 aromatic rings. The second kappa shape index (κ2) is 4.83. The molecular weight excluding hydrogens is 307 g/mol. The number of aliphatic hydroxyl groups is 1. The number of aliphatic hydroxyl groups excluding tert-OH is 1. The van der Waals surface area contributed by atoms with E-state index in [2.05, 4.69) is 0 Å². The molecule has 0 aromatic heterocycles. The van der Waals surface area contributed by atoms with Crippen LogP contribution in [0, 0.1) is 0 Å². The highest BCUT2D eigenvalue weighted by Crippen LogP contribution is 2.44. The topological polar surface area (TPSA) is 20.2 Å². The van der Waals surface area contributed by atoms with Gasteiger partial charge in [-0.2, -0.15) is 39.5 Å². The maximum atomic E-state index is 12.5. The number of benzene rings is 1. The molecule has 10 heteroatoms. The Balaban J connectivity index is 3.72. The van der Waals surface area contributed by atoms with Crippen LogP contribution in [-0.4, -0.2) is 5.11 Å². The summed E-state index contributed by atoms with van der Waals surface area (Å²) in [6.45, 7) is -1.48. The third kappa shape index (κ3) is 3.35. The summed E-state index contributed by atoms with van der Waals surface area (Å²) in [5.74, 6) is 0. The van der Waals surface area contributed by atoms with E-state index in [4.69, 9.17) is 5.11 Å². The van der Waals surface area contributed by atoms with E-state index in [1.54, 1.807) is 0 Å². The first-order chi connectivity index (χ1) is 8.78. The van der Waals surface area contributed by atoms with Crippen LogP contribution >= 0.6 is 0 Å². The van der Waals surface area contributed by atoms with Crippen LogP contribution in [-0.2, 0) is 25.1 Å². The summed E-state index contributed by atoms with van der Waals surface area (Å²) >= 11 is 0. The van der Waals surface area contributed by atoms with Crippen LogP contribution in [0.2, 0.25) is 0 Å². The van der Waals surface area contributed by atoms with E-state index in [-0.39, 0.29) is 6.07 Å². The molecule has 20 heavy (non-hydrogen) atoms. The van der Waals surface area contributed by atoms with Gasteiger partial charge in [0.15, 0.2) is 0 Å². The molecular formula is C10H5F9O. The van der Waals surface area contributed by atoms with Crippen LogP contribution in [0.5, 0.6) is 0 Å².